The van der Waals surface area contributed by atoms with E-state index in [1.807, 2.05) is 0 Å². The number of methoxy groups -OCH3 is 1. The van der Waals surface area contributed by atoms with Crippen LogP contribution in [-0.2, 0) is 0 Å². The average molecular weight is 314 g/mol. The maximum absolute atomic E-state index is 11.2. The molecule has 2 rings (SSSR count). The highest BCUT2D eigenvalue weighted by atomic mass is 35.5. The molecular formula is C12H9Cl2N3O3. The van der Waals surface area contributed by atoms with Crippen molar-refractivity contribution in [1.82, 2.24) is 9.97 Å². The summed E-state index contributed by atoms with van der Waals surface area (Å²) in [5.41, 5.74) is 0.602. The first-order valence-corrected chi connectivity index (χ1v) is 6.22. The maximum Gasteiger partial charge on any atom is 0.316 e. The Morgan fingerprint density at radius 1 is 1.30 bits per heavy atom. The Labute approximate surface area is 124 Å². The van der Waals surface area contributed by atoms with Crippen LogP contribution in [0.2, 0.25) is 10.3 Å². The molecule has 0 amide bonds. The zero-order valence-electron chi connectivity index (χ0n) is 10.6. The van der Waals surface area contributed by atoms with E-state index in [0.29, 0.717) is 16.3 Å². The molecule has 1 aromatic heterocycles. The van der Waals surface area contributed by atoms with Crippen molar-refractivity contribution in [3.63, 3.8) is 0 Å². The van der Waals surface area contributed by atoms with Gasteiger partial charge in [0.15, 0.2) is 5.69 Å². The summed E-state index contributed by atoms with van der Waals surface area (Å²) >= 11 is 11.7. The van der Waals surface area contributed by atoms with Gasteiger partial charge in [0.1, 0.15) is 11.4 Å². The minimum atomic E-state index is -0.540. The summed E-state index contributed by atoms with van der Waals surface area (Å²) in [6.45, 7) is 1.50. The van der Waals surface area contributed by atoms with Crippen molar-refractivity contribution in [1.29, 1.82) is 0 Å². The molecule has 2 aromatic rings. The summed E-state index contributed by atoms with van der Waals surface area (Å²) in [5.74, 6) is 0.394. The zero-order valence-corrected chi connectivity index (χ0v) is 12.1. The van der Waals surface area contributed by atoms with Crippen molar-refractivity contribution in [2.45, 2.75) is 6.92 Å². The second kappa shape index (κ2) is 5.60. The van der Waals surface area contributed by atoms with Gasteiger partial charge in [-0.05, 0) is 30.7 Å². The molecule has 0 atom stereocenters. The molecule has 0 spiro atoms. The third-order valence-corrected chi connectivity index (χ3v) is 3.12. The number of hydrogen-bond donors (Lipinski definition) is 0. The molecule has 20 heavy (non-hydrogen) atoms. The Balaban J connectivity index is 2.71. The van der Waals surface area contributed by atoms with Crippen molar-refractivity contribution >= 4 is 28.9 Å². The van der Waals surface area contributed by atoms with E-state index in [2.05, 4.69) is 9.97 Å². The molecular weight excluding hydrogens is 305 g/mol. The first kappa shape index (κ1) is 14.5. The van der Waals surface area contributed by atoms with Crippen molar-refractivity contribution in [3.05, 3.63) is 44.3 Å². The molecule has 104 valence electrons. The monoisotopic (exact) mass is 313 g/mol. The lowest BCUT2D eigenvalue weighted by Crippen LogP contribution is -2.01. The summed E-state index contributed by atoms with van der Waals surface area (Å²) in [4.78, 5) is 18.4. The van der Waals surface area contributed by atoms with E-state index in [9.17, 15) is 10.1 Å². The van der Waals surface area contributed by atoms with E-state index in [0.717, 1.165) is 0 Å². The van der Waals surface area contributed by atoms with Gasteiger partial charge in [-0.2, -0.15) is 0 Å². The van der Waals surface area contributed by atoms with Gasteiger partial charge in [-0.1, -0.05) is 17.7 Å². The first-order valence-electron chi connectivity index (χ1n) is 5.46. The molecule has 1 aromatic carbocycles. The third kappa shape index (κ3) is 2.66. The quantitative estimate of drug-likeness (QED) is 0.490. The van der Waals surface area contributed by atoms with Crippen molar-refractivity contribution in [2.75, 3.05) is 7.11 Å². The SMILES string of the molecule is COc1cc(-c2nc(Cl)nc(C)c2[N+](=O)[O-])ccc1Cl. The van der Waals surface area contributed by atoms with Crippen molar-refractivity contribution in [2.24, 2.45) is 0 Å². The van der Waals surface area contributed by atoms with E-state index in [-0.39, 0.29) is 22.4 Å². The van der Waals surface area contributed by atoms with Crippen LogP contribution in [0, 0.1) is 17.0 Å². The smallest absolute Gasteiger partial charge is 0.316 e. The summed E-state index contributed by atoms with van der Waals surface area (Å²) in [6, 6.07) is 4.74. The van der Waals surface area contributed by atoms with Gasteiger partial charge in [0.05, 0.1) is 17.1 Å². The average Bonchev–Trinajstić information content (AvgIpc) is 2.37. The molecule has 0 saturated carbocycles. The molecule has 6 nitrogen and oxygen atoms in total. The van der Waals surface area contributed by atoms with Crippen LogP contribution >= 0.6 is 23.2 Å². The Kier molecular flexibility index (Phi) is 4.06. The van der Waals surface area contributed by atoms with Crippen LogP contribution in [-0.4, -0.2) is 22.0 Å². The van der Waals surface area contributed by atoms with E-state index in [4.69, 9.17) is 27.9 Å². The Morgan fingerprint density at radius 3 is 2.60 bits per heavy atom. The molecule has 0 saturated heterocycles. The Hall–Kier alpha value is -1.92. The summed E-state index contributed by atoms with van der Waals surface area (Å²) in [5, 5.41) is 11.5. The van der Waals surface area contributed by atoms with Crippen LogP contribution < -0.4 is 4.74 Å². The molecule has 8 heteroatoms. The van der Waals surface area contributed by atoms with E-state index in [1.54, 1.807) is 18.2 Å². The largest absolute Gasteiger partial charge is 0.495 e. The number of nitro groups is 1. The van der Waals surface area contributed by atoms with Gasteiger partial charge in [0, 0.05) is 5.56 Å². The van der Waals surface area contributed by atoms with E-state index < -0.39 is 4.92 Å². The van der Waals surface area contributed by atoms with Crippen LogP contribution in [0.1, 0.15) is 5.69 Å². The number of benzene rings is 1. The molecule has 1 heterocycles. The lowest BCUT2D eigenvalue weighted by molar-refractivity contribution is -0.385. The number of halogens is 2. The molecule has 0 radical (unpaired) electrons. The minimum absolute atomic E-state index is 0.0583. The summed E-state index contributed by atoms with van der Waals surface area (Å²) in [7, 11) is 1.46. The molecule has 0 aliphatic heterocycles. The second-order valence-corrected chi connectivity index (χ2v) is 4.63. The standard InChI is InChI=1S/C12H9Cl2N3O3/c1-6-11(17(18)19)10(16-12(14)15-6)7-3-4-8(13)9(5-7)20-2/h3-5H,1-2H3. The molecule has 0 unspecified atom stereocenters. The predicted octanol–water partition coefficient (Wildman–Crippen LogP) is 3.68. The van der Waals surface area contributed by atoms with Crippen LogP contribution in [0.4, 0.5) is 5.69 Å². The van der Waals surface area contributed by atoms with Crippen LogP contribution in [0.15, 0.2) is 18.2 Å². The van der Waals surface area contributed by atoms with Gasteiger partial charge in [-0.25, -0.2) is 9.97 Å². The summed E-state index contributed by atoms with van der Waals surface area (Å²) in [6.07, 6.45) is 0. The van der Waals surface area contributed by atoms with Gasteiger partial charge in [-0.3, -0.25) is 10.1 Å². The maximum atomic E-state index is 11.2. The Morgan fingerprint density at radius 2 is 2.00 bits per heavy atom. The molecule has 0 fully saturated rings. The minimum Gasteiger partial charge on any atom is -0.495 e. The number of aryl methyl sites for hydroxylation is 1. The van der Waals surface area contributed by atoms with E-state index in [1.165, 1.54) is 14.0 Å². The molecule has 0 N–H and O–H groups in total. The van der Waals surface area contributed by atoms with Gasteiger partial charge in [0.25, 0.3) is 0 Å². The van der Waals surface area contributed by atoms with Crippen LogP contribution in [0.3, 0.4) is 0 Å². The van der Waals surface area contributed by atoms with E-state index >= 15 is 0 Å². The number of nitrogens with zero attached hydrogens (tertiary/aromatic N) is 3. The number of rotatable bonds is 3. The van der Waals surface area contributed by atoms with Gasteiger partial charge >= 0.3 is 5.69 Å². The number of aromatic nitrogens is 2. The van der Waals surface area contributed by atoms with Crippen LogP contribution in [0.25, 0.3) is 11.3 Å². The normalized spacial score (nSPS) is 10.4. The molecule has 0 aliphatic rings. The second-order valence-electron chi connectivity index (χ2n) is 3.88. The highest BCUT2D eigenvalue weighted by molar-refractivity contribution is 6.32. The lowest BCUT2D eigenvalue weighted by atomic mass is 10.1. The van der Waals surface area contributed by atoms with Gasteiger partial charge in [0.2, 0.25) is 5.28 Å². The Bertz CT molecular complexity index is 692. The van der Waals surface area contributed by atoms with Gasteiger partial charge < -0.3 is 4.74 Å². The number of ether oxygens (including phenoxy) is 1. The zero-order chi connectivity index (χ0) is 14.9. The fourth-order valence-corrected chi connectivity index (χ4v) is 2.17. The van der Waals surface area contributed by atoms with Crippen molar-refractivity contribution < 1.29 is 9.66 Å². The fourth-order valence-electron chi connectivity index (χ4n) is 1.76. The molecule has 0 aliphatic carbocycles. The summed E-state index contributed by atoms with van der Waals surface area (Å²) < 4.78 is 5.09. The van der Waals surface area contributed by atoms with Crippen LogP contribution in [0.5, 0.6) is 5.75 Å². The topological polar surface area (TPSA) is 78.2 Å². The first-order chi connectivity index (χ1) is 9.43. The highest BCUT2D eigenvalue weighted by Gasteiger charge is 2.23. The highest BCUT2D eigenvalue weighted by Crippen LogP contribution is 2.35. The fraction of sp³-hybridized carbons (Fsp3) is 0.167. The predicted molar refractivity (Wildman–Crippen MR) is 75.4 cm³/mol. The number of hydrogen-bond acceptors (Lipinski definition) is 5. The molecule has 0 bridgehead atoms. The van der Waals surface area contributed by atoms with Crippen molar-refractivity contribution in [3.8, 4) is 17.0 Å². The van der Waals surface area contributed by atoms with Gasteiger partial charge in [-0.15, -0.1) is 0 Å². The third-order valence-electron chi connectivity index (χ3n) is 2.64. The lowest BCUT2D eigenvalue weighted by Gasteiger charge is -2.08.